The van der Waals surface area contributed by atoms with Crippen LogP contribution in [0.2, 0.25) is 0 Å². The number of anilines is 3. The Balaban J connectivity index is 2.48. The molecule has 0 heterocycles. The number of rotatable bonds is 8. The van der Waals surface area contributed by atoms with Gasteiger partial charge in [0.25, 0.3) is 5.69 Å². The fourth-order valence-corrected chi connectivity index (χ4v) is 3.80. The van der Waals surface area contributed by atoms with Crippen LogP contribution in [0, 0.1) is 30.3 Å². The van der Waals surface area contributed by atoms with Crippen molar-refractivity contribution in [1.29, 1.82) is 0 Å². The lowest BCUT2D eigenvalue weighted by Gasteiger charge is -2.34. The molecule has 170 valence electrons. The van der Waals surface area contributed by atoms with Crippen molar-refractivity contribution < 1.29 is 27.7 Å². The van der Waals surface area contributed by atoms with Crippen LogP contribution in [0.1, 0.15) is 0 Å². The van der Waals surface area contributed by atoms with E-state index in [0.717, 1.165) is 5.01 Å². The second-order valence-electron chi connectivity index (χ2n) is 6.31. The number of hydrazine groups is 1. The summed E-state index contributed by atoms with van der Waals surface area (Å²) in [4.78, 5) is 31.1. The molecule has 0 unspecified atom stereocenters. The summed E-state index contributed by atoms with van der Waals surface area (Å²) >= 11 is 0. The Kier molecular flexibility index (Phi) is 6.18. The van der Waals surface area contributed by atoms with Gasteiger partial charge in [-0.05, 0) is 24.3 Å². The lowest BCUT2D eigenvalue weighted by atomic mass is 10.2. The first kappa shape index (κ1) is 23.0. The number of nitro groups is 3. The molecule has 0 bridgehead atoms. The van der Waals surface area contributed by atoms with E-state index in [0.29, 0.717) is 12.1 Å². The molecule has 15 heteroatoms. The normalized spacial score (nSPS) is 10.9. The number of para-hydroxylation sites is 2. The van der Waals surface area contributed by atoms with Gasteiger partial charge in [0, 0.05) is 0 Å². The van der Waals surface area contributed by atoms with E-state index in [9.17, 15) is 43.3 Å². The van der Waals surface area contributed by atoms with Crippen molar-refractivity contribution in [2.75, 3.05) is 9.42 Å². The van der Waals surface area contributed by atoms with Crippen LogP contribution in [0.15, 0.2) is 72.8 Å². The van der Waals surface area contributed by atoms with Crippen LogP contribution in [0.5, 0.6) is 0 Å². The molecule has 14 nitrogen and oxygen atoms in total. The fourth-order valence-electron chi connectivity index (χ4n) is 2.99. The van der Waals surface area contributed by atoms with Crippen molar-refractivity contribution in [3.63, 3.8) is 0 Å². The van der Waals surface area contributed by atoms with Gasteiger partial charge in [-0.2, -0.15) is 8.42 Å². The highest BCUT2D eigenvalue weighted by atomic mass is 32.2. The van der Waals surface area contributed by atoms with Crippen molar-refractivity contribution >= 4 is 44.4 Å². The van der Waals surface area contributed by atoms with E-state index in [1.165, 1.54) is 48.5 Å². The van der Waals surface area contributed by atoms with Crippen LogP contribution in [-0.4, -0.2) is 27.7 Å². The van der Waals surface area contributed by atoms with Crippen molar-refractivity contribution in [3.05, 3.63) is 103 Å². The maximum Gasteiger partial charge on any atom is 0.378 e. The molecule has 1 N–H and O–H groups in total. The first-order valence-electron chi connectivity index (χ1n) is 8.81. The van der Waals surface area contributed by atoms with Crippen LogP contribution in [0.3, 0.4) is 0 Å². The molecule has 0 fully saturated rings. The van der Waals surface area contributed by atoms with E-state index < -0.39 is 47.8 Å². The molecule has 3 aromatic rings. The minimum absolute atomic E-state index is 0.0440. The van der Waals surface area contributed by atoms with Gasteiger partial charge in [-0.25, -0.2) is 5.01 Å². The van der Waals surface area contributed by atoms with E-state index >= 15 is 0 Å². The van der Waals surface area contributed by atoms with Gasteiger partial charge in [0.15, 0.2) is 0 Å². The van der Waals surface area contributed by atoms with Gasteiger partial charge in [-0.3, -0.25) is 34.9 Å². The standard InChI is InChI=1S/C18H13N5O9S/c24-21(25)15-11-16(22(26)27)18(17(12-15)23(28)29)20(33(30,31)32)19(13-7-3-1-4-8-13)14-9-5-2-6-10-14/h1-12H,(H,30,31,32). The van der Waals surface area contributed by atoms with E-state index in [4.69, 9.17) is 0 Å². The summed E-state index contributed by atoms with van der Waals surface area (Å²) in [6.07, 6.45) is 0. The highest BCUT2D eigenvalue weighted by molar-refractivity contribution is 7.87. The molecular weight excluding hydrogens is 462 g/mol. The van der Waals surface area contributed by atoms with Crippen molar-refractivity contribution in [1.82, 2.24) is 0 Å². The first-order valence-corrected chi connectivity index (χ1v) is 10.2. The third kappa shape index (κ3) is 4.68. The first-order chi connectivity index (χ1) is 15.5. The summed E-state index contributed by atoms with van der Waals surface area (Å²) in [6, 6.07) is 15.4. The quantitative estimate of drug-likeness (QED) is 0.285. The summed E-state index contributed by atoms with van der Waals surface area (Å²) in [6.45, 7) is 0. The van der Waals surface area contributed by atoms with Crippen LogP contribution in [0.25, 0.3) is 0 Å². The SMILES string of the molecule is O=[N+]([O-])c1cc([N+](=O)[O-])c(N(N(c2ccccc2)c2ccccc2)S(=O)(=O)O)c([N+](=O)[O-])c1. The zero-order chi connectivity index (χ0) is 24.3. The predicted octanol–water partition coefficient (Wildman–Crippen LogP) is 3.77. The lowest BCUT2D eigenvalue weighted by molar-refractivity contribution is -0.402. The smallest absolute Gasteiger partial charge is 0.268 e. The van der Waals surface area contributed by atoms with Gasteiger partial charge in [0.1, 0.15) is 0 Å². The lowest BCUT2D eigenvalue weighted by Crippen LogP contribution is -2.44. The molecule has 0 spiro atoms. The molecule has 0 aliphatic carbocycles. The maximum atomic E-state index is 12.5. The molecule has 33 heavy (non-hydrogen) atoms. The Morgan fingerprint density at radius 1 is 0.697 bits per heavy atom. The van der Waals surface area contributed by atoms with E-state index in [2.05, 4.69) is 0 Å². The number of nitro benzene ring substituents is 3. The van der Waals surface area contributed by atoms with Crippen molar-refractivity contribution in [3.8, 4) is 0 Å². The summed E-state index contributed by atoms with van der Waals surface area (Å²) in [5.74, 6) is 0. The summed E-state index contributed by atoms with van der Waals surface area (Å²) in [5, 5.41) is 35.4. The Hall–Kier alpha value is -4.63. The van der Waals surface area contributed by atoms with Crippen LogP contribution >= 0.6 is 0 Å². The molecule has 0 aromatic heterocycles. The number of non-ortho nitro benzene ring substituents is 1. The van der Waals surface area contributed by atoms with E-state index in [1.54, 1.807) is 12.1 Å². The monoisotopic (exact) mass is 475 g/mol. The summed E-state index contributed by atoms with van der Waals surface area (Å²) in [7, 11) is -5.48. The Bertz CT molecular complexity index is 1260. The molecule has 0 atom stereocenters. The van der Waals surface area contributed by atoms with Gasteiger partial charge in [0.05, 0.1) is 38.3 Å². The molecule has 3 aromatic carbocycles. The Labute approximate surface area is 185 Å². The van der Waals surface area contributed by atoms with Crippen LogP contribution < -0.4 is 9.42 Å². The van der Waals surface area contributed by atoms with Gasteiger partial charge >= 0.3 is 21.7 Å². The highest BCUT2D eigenvalue weighted by Crippen LogP contribution is 2.45. The molecule has 0 saturated heterocycles. The molecule has 0 radical (unpaired) electrons. The van der Waals surface area contributed by atoms with E-state index in [-0.39, 0.29) is 15.8 Å². The van der Waals surface area contributed by atoms with Crippen molar-refractivity contribution in [2.24, 2.45) is 0 Å². The minimum atomic E-state index is -5.48. The summed E-state index contributed by atoms with van der Waals surface area (Å²) in [5.41, 5.74) is -4.70. The maximum absolute atomic E-state index is 12.5. The number of hydrogen-bond acceptors (Lipinski definition) is 9. The molecule has 0 aliphatic rings. The van der Waals surface area contributed by atoms with Gasteiger partial charge in [0.2, 0.25) is 5.69 Å². The number of nitrogens with zero attached hydrogens (tertiary/aromatic N) is 5. The predicted molar refractivity (Wildman–Crippen MR) is 115 cm³/mol. The number of benzene rings is 3. The second-order valence-corrected chi connectivity index (χ2v) is 7.55. The Morgan fingerprint density at radius 3 is 1.39 bits per heavy atom. The van der Waals surface area contributed by atoms with Gasteiger partial charge in [-0.15, -0.1) is 4.41 Å². The fraction of sp³-hybridized carbons (Fsp3) is 0. The third-order valence-electron chi connectivity index (χ3n) is 4.25. The summed E-state index contributed by atoms with van der Waals surface area (Å²) < 4.78 is 35.1. The highest BCUT2D eigenvalue weighted by Gasteiger charge is 2.42. The minimum Gasteiger partial charge on any atom is -0.268 e. The number of hydrogen-bond donors (Lipinski definition) is 1. The third-order valence-corrected chi connectivity index (χ3v) is 5.03. The molecule has 3 rings (SSSR count). The zero-order valence-electron chi connectivity index (χ0n) is 16.3. The average molecular weight is 475 g/mol. The zero-order valence-corrected chi connectivity index (χ0v) is 17.1. The Morgan fingerprint density at radius 2 is 1.09 bits per heavy atom. The van der Waals surface area contributed by atoms with Crippen LogP contribution in [-0.2, 0) is 10.3 Å². The molecular formula is C18H13N5O9S. The molecule has 0 saturated carbocycles. The topological polar surface area (TPSA) is 190 Å². The van der Waals surface area contributed by atoms with Crippen LogP contribution in [0.4, 0.5) is 34.1 Å². The average Bonchev–Trinajstić information content (AvgIpc) is 2.76. The molecule has 0 aliphatic heterocycles. The van der Waals surface area contributed by atoms with Crippen molar-refractivity contribution in [2.45, 2.75) is 0 Å². The largest absolute Gasteiger partial charge is 0.378 e. The van der Waals surface area contributed by atoms with Gasteiger partial charge in [-0.1, -0.05) is 36.4 Å². The van der Waals surface area contributed by atoms with Gasteiger partial charge < -0.3 is 0 Å². The second kappa shape index (κ2) is 8.85. The molecule has 0 amide bonds. The van der Waals surface area contributed by atoms with E-state index in [1.807, 2.05) is 0 Å².